The Labute approximate surface area is 280 Å². The highest BCUT2D eigenvalue weighted by molar-refractivity contribution is 7.99. The van der Waals surface area contributed by atoms with Crippen LogP contribution in [0.5, 0.6) is 0 Å². The highest BCUT2D eigenvalue weighted by atomic mass is 32.2. The first-order chi connectivity index (χ1) is 19.3. The molecule has 0 bridgehead atoms. The van der Waals surface area contributed by atoms with Crippen molar-refractivity contribution in [2.45, 2.75) is 135 Å². The summed E-state index contributed by atoms with van der Waals surface area (Å²) in [6.07, 6.45) is 9.16. The van der Waals surface area contributed by atoms with Crippen molar-refractivity contribution in [3.63, 3.8) is 0 Å². The van der Waals surface area contributed by atoms with E-state index >= 15 is 0 Å². The van der Waals surface area contributed by atoms with E-state index in [9.17, 15) is 0 Å². The van der Waals surface area contributed by atoms with Crippen LogP contribution >= 0.6 is 23.5 Å². The standard InChI is InChI=1S/C29H55NOS.C9H21NS/c1-15-26(6,7)23(2)22-24(16-17-25(3,4)5)28(10,11)30(14)29(12,13)27(8,9)18-20-32-21-19-31;1-5-11-7-6-10-8-9(2,3)4/h16-17,22,31H,2,15,18-21H2,1,3-14H3;10H,5-8H2,1-4H3/b17-16+,24-22+;. The molecule has 0 aliphatic rings. The summed E-state index contributed by atoms with van der Waals surface area (Å²) in [5.41, 5.74) is 3.02. The fourth-order valence-corrected chi connectivity index (χ4v) is 5.84. The molecule has 0 aliphatic heterocycles. The second-order valence-corrected chi connectivity index (χ2v) is 19.3. The van der Waals surface area contributed by atoms with Gasteiger partial charge >= 0.3 is 0 Å². The molecule has 0 aromatic rings. The van der Waals surface area contributed by atoms with Gasteiger partial charge in [-0.15, -0.1) is 0 Å². The number of nitrogens with one attached hydrogen (secondary N) is 1. The highest BCUT2D eigenvalue weighted by Gasteiger charge is 2.45. The Balaban J connectivity index is 0. The predicted octanol–water partition coefficient (Wildman–Crippen LogP) is 10.5. The van der Waals surface area contributed by atoms with E-state index in [0.29, 0.717) is 5.41 Å². The van der Waals surface area contributed by atoms with Crippen LogP contribution in [-0.2, 0) is 0 Å². The summed E-state index contributed by atoms with van der Waals surface area (Å²) in [6, 6.07) is 0. The fraction of sp³-hybridized carbons (Fsp3) is 0.842. The van der Waals surface area contributed by atoms with E-state index in [-0.39, 0.29) is 33.9 Å². The number of thioether (sulfide) groups is 2. The van der Waals surface area contributed by atoms with Crippen LogP contribution in [0.1, 0.15) is 124 Å². The third-order valence-corrected chi connectivity index (χ3v) is 11.1. The fourth-order valence-electron chi connectivity index (χ4n) is 4.28. The average Bonchev–Trinajstić information content (AvgIpc) is 2.87. The molecule has 0 saturated heterocycles. The molecule has 3 nitrogen and oxygen atoms in total. The maximum atomic E-state index is 9.12. The van der Waals surface area contributed by atoms with Crippen LogP contribution in [0.25, 0.3) is 0 Å². The lowest BCUT2D eigenvalue weighted by Crippen LogP contribution is -2.60. The number of likely N-dealkylation sites (N-methyl/N-ethyl adjacent to an activating group) is 1. The van der Waals surface area contributed by atoms with Gasteiger partial charge < -0.3 is 10.4 Å². The van der Waals surface area contributed by atoms with Gasteiger partial charge in [-0.3, -0.25) is 4.90 Å². The van der Waals surface area contributed by atoms with Crippen LogP contribution in [0.3, 0.4) is 0 Å². The van der Waals surface area contributed by atoms with Crippen LogP contribution < -0.4 is 5.32 Å². The number of rotatable bonds is 18. The average molecular weight is 641 g/mol. The Kier molecular flexibility index (Phi) is 20.3. The lowest BCUT2D eigenvalue weighted by atomic mass is 9.69. The molecule has 0 radical (unpaired) electrons. The topological polar surface area (TPSA) is 35.5 Å². The molecule has 0 fully saturated rings. The Morgan fingerprint density at radius 3 is 1.84 bits per heavy atom. The molecule has 2 N–H and O–H groups in total. The Hall–Kier alpha value is -0.200. The van der Waals surface area contributed by atoms with E-state index in [4.69, 9.17) is 5.11 Å². The smallest absolute Gasteiger partial charge is 0.0521 e. The molecule has 0 aromatic heterocycles. The summed E-state index contributed by atoms with van der Waals surface area (Å²) < 4.78 is 0. The SMILES string of the molecule is C=C(/C=C(\C=C\C(C)(C)C)C(C)(C)N(C)C(C)(C)C(C)(C)CCSCCO)C(C)(C)CC.CCSCCNCC(C)(C)C. The number of aliphatic hydroxyl groups excluding tert-OH is 1. The first-order valence-electron chi connectivity index (χ1n) is 16.6. The van der Waals surface area contributed by atoms with Crippen LogP contribution in [0.4, 0.5) is 0 Å². The number of aliphatic hydroxyl groups is 1. The van der Waals surface area contributed by atoms with Crippen LogP contribution in [0, 0.1) is 21.7 Å². The van der Waals surface area contributed by atoms with Gasteiger partial charge in [-0.1, -0.05) is 108 Å². The van der Waals surface area contributed by atoms with Crippen molar-refractivity contribution in [1.29, 1.82) is 0 Å². The zero-order valence-electron chi connectivity index (χ0n) is 32.0. The van der Waals surface area contributed by atoms with Gasteiger partial charge in [0.2, 0.25) is 0 Å². The number of hydrogen-bond donors (Lipinski definition) is 2. The molecule has 0 spiro atoms. The molecule has 0 atom stereocenters. The Morgan fingerprint density at radius 1 is 0.837 bits per heavy atom. The zero-order valence-corrected chi connectivity index (χ0v) is 33.6. The monoisotopic (exact) mass is 641 g/mol. The summed E-state index contributed by atoms with van der Waals surface area (Å²) in [7, 11) is 2.27. The molecular weight excluding hydrogens is 565 g/mol. The van der Waals surface area contributed by atoms with Gasteiger partial charge in [0.25, 0.3) is 0 Å². The molecule has 43 heavy (non-hydrogen) atoms. The molecule has 256 valence electrons. The van der Waals surface area contributed by atoms with Gasteiger partial charge in [-0.25, -0.2) is 0 Å². The zero-order chi connectivity index (χ0) is 34.3. The minimum Gasteiger partial charge on any atom is -0.396 e. The normalized spacial score (nSPS) is 14.3. The van der Waals surface area contributed by atoms with Gasteiger partial charge in [-0.2, -0.15) is 23.5 Å². The van der Waals surface area contributed by atoms with Crippen molar-refractivity contribution in [3.8, 4) is 0 Å². The summed E-state index contributed by atoms with van der Waals surface area (Å²) >= 11 is 3.84. The quantitative estimate of drug-likeness (QED) is 0.115. The van der Waals surface area contributed by atoms with E-state index in [1.54, 1.807) is 0 Å². The van der Waals surface area contributed by atoms with Crippen molar-refractivity contribution in [2.75, 3.05) is 49.8 Å². The molecule has 0 rings (SSSR count). The van der Waals surface area contributed by atoms with E-state index in [0.717, 1.165) is 37.4 Å². The summed E-state index contributed by atoms with van der Waals surface area (Å²) in [5, 5.41) is 12.6. The van der Waals surface area contributed by atoms with Gasteiger partial charge in [0.05, 0.1) is 6.61 Å². The molecule has 0 heterocycles. The minimum atomic E-state index is -0.173. The predicted molar refractivity (Wildman–Crippen MR) is 204 cm³/mol. The van der Waals surface area contributed by atoms with Gasteiger partial charge in [0, 0.05) is 35.7 Å². The minimum absolute atomic E-state index is 0.0352. The molecular formula is C38H76N2OS2. The van der Waals surface area contributed by atoms with Crippen molar-refractivity contribution in [1.82, 2.24) is 10.2 Å². The first kappa shape index (κ1) is 44.9. The largest absolute Gasteiger partial charge is 0.396 e. The Bertz CT molecular complexity index is 839. The van der Waals surface area contributed by atoms with Crippen LogP contribution in [0.2, 0.25) is 0 Å². The summed E-state index contributed by atoms with van der Waals surface area (Å²) in [6.45, 7) is 43.7. The molecule has 0 aromatic carbocycles. The maximum Gasteiger partial charge on any atom is 0.0521 e. The first-order valence-corrected chi connectivity index (χ1v) is 18.9. The second kappa shape index (κ2) is 19.5. The van der Waals surface area contributed by atoms with Crippen molar-refractivity contribution >= 4 is 23.5 Å². The van der Waals surface area contributed by atoms with E-state index in [1.165, 1.54) is 22.7 Å². The highest BCUT2D eigenvalue weighted by Crippen LogP contribution is 2.44. The maximum absolute atomic E-state index is 9.12. The molecule has 0 unspecified atom stereocenters. The molecule has 0 aliphatic carbocycles. The van der Waals surface area contributed by atoms with Crippen LogP contribution in [0.15, 0.2) is 36.0 Å². The van der Waals surface area contributed by atoms with Crippen molar-refractivity contribution in [3.05, 3.63) is 36.0 Å². The Morgan fingerprint density at radius 2 is 1.40 bits per heavy atom. The van der Waals surface area contributed by atoms with Gasteiger partial charge in [0.15, 0.2) is 0 Å². The summed E-state index contributed by atoms with van der Waals surface area (Å²) in [4.78, 5) is 2.56. The second-order valence-electron chi connectivity index (χ2n) is 16.6. The molecule has 0 saturated carbocycles. The molecule has 5 heteroatoms. The number of hydrogen-bond acceptors (Lipinski definition) is 5. The molecule has 0 amide bonds. The lowest BCUT2D eigenvalue weighted by Gasteiger charge is -2.55. The van der Waals surface area contributed by atoms with E-state index in [1.807, 2.05) is 23.5 Å². The number of nitrogens with zero attached hydrogens (tertiary/aromatic N) is 1. The van der Waals surface area contributed by atoms with Gasteiger partial charge in [-0.05, 0) is 91.9 Å². The van der Waals surface area contributed by atoms with Crippen molar-refractivity contribution in [2.24, 2.45) is 21.7 Å². The van der Waals surface area contributed by atoms with E-state index < -0.39 is 0 Å². The van der Waals surface area contributed by atoms with Gasteiger partial charge in [0.1, 0.15) is 0 Å². The lowest BCUT2D eigenvalue weighted by molar-refractivity contribution is -0.0203. The summed E-state index contributed by atoms with van der Waals surface area (Å²) in [5.74, 6) is 4.36. The third kappa shape index (κ3) is 17.9. The third-order valence-electron chi connectivity index (χ3n) is 9.28. The van der Waals surface area contributed by atoms with Crippen molar-refractivity contribution < 1.29 is 5.11 Å². The number of allylic oxidation sites excluding steroid dienone is 3. The van der Waals surface area contributed by atoms with E-state index in [2.05, 4.69) is 153 Å². The van der Waals surface area contributed by atoms with Crippen LogP contribution in [-0.4, -0.2) is 70.8 Å².